The van der Waals surface area contributed by atoms with E-state index in [2.05, 4.69) is 24.3 Å². The predicted molar refractivity (Wildman–Crippen MR) is 103 cm³/mol. The fraction of sp³-hybridized carbons (Fsp3) is 0.0417. The molecule has 0 N–H and O–H groups in total. The number of carbonyl (C=O) groups is 1. The minimum absolute atomic E-state index is 0.0541. The van der Waals surface area contributed by atoms with Gasteiger partial charge in [-0.15, -0.1) is 0 Å². The maximum absolute atomic E-state index is 11.8. The molecule has 0 unspecified atom stereocenters. The molecule has 0 atom stereocenters. The highest BCUT2D eigenvalue weighted by molar-refractivity contribution is 6.05. The van der Waals surface area contributed by atoms with Gasteiger partial charge in [-0.1, -0.05) is 91.0 Å². The van der Waals surface area contributed by atoms with E-state index in [9.17, 15) is 9.90 Å². The van der Waals surface area contributed by atoms with Crippen LogP contribution in [0.3, 0.4) is 0 Å². The molecule has 0 heterocycles. The summed E-state index contributed by atoms with van der Waals surface area (Å²) >= 11 is 0. The molecule has 0 aliphatic rings. The van der Waals surface area contributed by atoms with Gasteiger partial charge in [0.15, 0.2) is 0 Å². The summed E-state index contributed by atoms with van der Waals surface area (Å²) in [7, 11) is 0. The van der Waals surface area contributed by atoms with Crippen molar-refractivity contribution in [1.82, 2.24) is 0 Å². The maximum atomic E-state index is 11.8. The molecule has 0 aliphatic heterocycles. The van der Waals surface area contributed by atoms with Gasteiger partial charge in [-0.05, 0) is 28.1 Å². The van der Waals surface area contributed by atoms with Crippen LogP contribution in [0.1, 0.15) is 33.0 Å². The molecule has 26 heavy (non-hydrogen) atoms. The SMILES string of the molecule is [O]C(=O)c1cccc2cccc(C(c3ccccc3)c3ccccc3)c12. The topological polar surface area (TPSA) is 37.0 Å². The largest absolute Gasteiger partial charge is 0.386 e. The van der Waals surface area contributed by atoms with Crippen molar-refractivity contribution in [1.29, 1.82) is 0 Å². The van der Waals surface area contributed by atoms with Crippen LogP contribution < -0.4 is 0 Å². The molecule has 0 saturated carbocycles. The fourth-order valence-electron chi connectivity index (χ4n) is 3.62. The van der Waals surface area contributed by atoms with E-state index in [-0.39, 0.29) is 11.5 Å². The van der Waals surface area contributed by atoms with Gasteiger partial charge >= 0.3 is 5.97 Å². The van der Waals surface area contributed by atoms with E-state index in [1.807, 2.05) is 60.7 Å². The van der Waals surface area contributed by atoms with Crippen LogP contribution in [0.25, 0.3) is 10.8 Å². The summed E-state index contributed by atoms with van der Waals surface area (Å²) in [5.41, 5.74) is 3.45. The molecule has 4 rings (SSSR count). The molecule has 0 saturated heterocycles. The molecule has 2 nitrogen and oxygen atoms in total. The van der Waals surface area contributed by atoms with Gasteiger partial charge in [0.2, 0.25) is 0 Å². The number of rotatable bonds is 4. The van der Waals surface area contributed by atoms with E-state index in [1.54, 1.807) is 12.1 Å². The molecule has 1 radical (unpaired) electrons. The second-order valence-electron chi connectivity index (χ2n) is 6.29. The van der Waals surface area contributed by atoms with E-state index >= 15 is 0 Å². The lowest BCUT2D eigenvalue weighted by atomic mass is 9.82. The van der Waals surface area contributed by atoms with E-state index < -0.39 is 5.97 Å². The molecule has 0 fully saturated rings. The van der Waals surface area contributed by atoms with Gasteiger partial charge in [0.25, 0.3) is 0 Å². The van der Waals surface area contributed by atoms with Crippen LogP contribution in [0.4, 0.5) is 0 Å². The second kappa shape index (κ2) is 6.85. The average Bonchev–Trinajstić information content (AvgIpc) is 2.69. The molecular formula is C24H17O2. The van der Waals surface area contributed by atoms with Crippen LogP contribution in [-0.4, -0.2) is 5.97 Å². The molecule has 0 aliphatic carbocycles. The van der Waals surface area contributed by atoms with Gasteiger partial charge in [0.1, 0.15) is 0 Å². The highest BCUT2D eigenvalue weighted by atomic mass is 16.4. The minimum Gasteiger partial charge on any atom is -0.241 e. The first kappa shape index (κ1) is 16.1. The van der Waals surface area contributed by atoms with Gasteiger partial charge < -0.3 is 0 Å². The van der Waals surface area contributed by atoms with Crippen LogP contribution in [0.5, 0.6) is 0 Å². The lowest BCUT2D eigenvalue weighted by Crippen LogP contribution is -2.06. The Bertz CT molecular complexity index is 1010. The van der Waals surface area contributed by atoms with E-state index in [4.69, 9.17) is 0 Å². The van der Waals surface area contributed by atoms with Crippen LogP contribution in [-0.2, 0) is 5.11 Å². The summed E-state index contributed by atoms with van der Waals surface area (Å²) in [6.45, 7) is 0. The highest BCUT2D eigenvalue weighted by Crippen LogP contribution is 2.37. The zero-order valence-electron chi connectivity index (χ0n) is 14.1. The summed E-state index contributed by atoms with van der Waals surface area (Å²) < 4.78 is 0. The van der Waals surface area contributed by atoms with E-state index in [0.717, 1.165) is 27.5 Å². The Morgan fingerprint density at radius 1 is 0.615 bits per heavy atom. The highest BCUT2D eigenvalue weighted by Gasteiger charge is 2.22. The number of hydrogen-bond acceptors (Lipinski definition) is 1. The second-order valence-corrected chi connectivity index (χ2v) is 6.29. The van der Waals surface area contributed by atoms with Crippen molar-refractivity contribution >= 4 is 16.7 Å². The van der Waals surface area contributed by atoms with Crippen molar-refractivity contribution in [2.45, 2.75) is 5.92 Å². The Labute approximate surface area is 152 Å². The number of hydrogen-bond donors (Lipinski definition) is 0. The third kappa shape index (κ3) is 2.86. The van der Waals surface area contributed by atoms with Crippen LogP contribution in [0, 0.1) is 0 Å². The smallest absolute Gasteiger partial charge is 0.241 e. The first-order chi connectivity index (χ1) is 12.8. The Morgan fingerprint density at radius 2 is 1.15 bits per heavy atom. The first-order valence-electron chi connectivity index (χ1n) is 8.58. The van der Waals surface area contributed by atoms with Gasteiger partial charge in [0.05, 0.1) is 5.56 Å². The minimum atomic E-state index is -1.15. The number of carbonyl (C=O) groups excluding carboxylic acids is 1. The zero-order valence-corrected chi connectivity index (χ0v) is 14.1. The van der Waals surface area contributed by atoms with Crippen molar-refractivity contribution in [2.24, 2.45) is 0 Å². The third-order valence-electron chi connectivity index (χ3n) is 4.73. The van der Waals surface area contributed by atoms with E-state index in [1.165, 1.54) is 0 Å². The molecule has 0 aromatic heterocycles. The molecule has 0 spiro atoms. The van der Waals surface area contributed by atoms with E-state index in [0.29, 0.717) is 0 Å². The lowest BCUT2D eigenvalue weighted by Gasteiger charge is -2.21. The Balaban J connectivity index is 2.05. The standard InChI is InChI=1S/C24H17O2/c25-24(26)21-16-8-14-19-13-7-15-20(23(19)21)22(17-9-3-1-4-10-17)18-11-5-2-6-12-18/h1-16,22H. The quantitative estimate of drug-likeness (QED) is 0.447. The summed E-state index contributed by atoms with van der Waals surface area (Å²) in [6.07, 6.45) is 0. The number of fused-ring (bicyclic) bond motifs is 1. The Kier molecular flexibility index (Phi) is 4.24. The van der Waals surface area contributed by atoms with Crippen molar-refractivity contribution < 1.29 is 9.90 Å². The molecule has 0 amide bonds. The van der Waals surface area contributed by atoms with Crippen LogP contribution >= 0.6 is 0 Å². The Morgan fingerprint density at radius 3 is 1.69 bits per heavy atom. The lowest BCUT2D eigenvalue weighted by molar-refractivity contribution is 0.0575. The molecule has 125 valence electrons. The Hall–Kier alpha value is -3.39. The molecule has 4 aromatic carbocycles. The van der Waals surface area contributed by atoms with Gasteiger partial charge in [-0.2, -0.15) is 0 Å². The predicted octanol–water partition coefficient (Wildman–Crippen LogP) is 5.59. The fourth-order valence-corrected chi connectivity index (χ4v) is 3.62. The molecular weight excluding hydrogens is 320 g/mol. The average molecular weight is 337 g/mol. The summed E-state index contributed by atoms with van der Waals surface area (Å²) in [4.78, 5) is 11.8. The van der Waals surface area contributed by atoms with Crippen LogP contribution in [0.2, 0.25) is 0 Å². The van der Waals surface area contributed by atoms with Gasteiger partial charge in [0, 0.05) is 11.3 Å². The maximum Gasteiger partial charge on any atom is 0.386 e. The van der Waals surface area contributed by atoms with Crippen molar-refractivity contribution in [3.05, 3.63) is 119 Å². The summed E-state index contributed by atoms with van der Waals surface area (Å²) in [6, 6.07) is 31.6. The number of benzene rings is 4. The van der Waals surface area contributed by atoms with Crippen molar-refractivity contribution in [3.8, 4) is 0 Å². The van der Waals surface area contributed by atoms with Crippen LogP contribution in [0.15, 0.2) is 97.1 Å². The van der Waals surface area contributed by atoms with Crippen molar-refractivity contribution in [2.75, 3.05) is 0 Å². The van der Waals surface area contributed by atoms with Gasteiger partial charge in [-0.25, -0.2) is 9.90 Å². The molecule has 2 heteroatoms. The zero-order chi connectivity index (χ0) is 17.9. The molecule has 0 bridgehead atoms. The monoisotopic (exact) mass is 337 g/mol. The summed E-state index contributed by atoms with van der Waals surface area (Å²) in [5, 5.41) is 13.4. The summed E-state index contributed by atoms with van der Waals surface area (Å²) in [5.74, 6) is -1.20. The van der Waals surface area contributed by atoms with Gasteiger partial charge in [-0.3, -0.25) is 0 Å². The van der Waals surface area contributed by atoms with Crippen molar-refractivity contribution in [3.63, 3.8) is 0 Å². The first-order valence-corrected chi connectivity index (χ1v) is 8.58. The third-order valence-corrected chi connectivity index (χ3v) is 4.73. The normalized spacial score (nSPS) is 11.0. The molecule has 4 aromatic rings.